The van der Waals surface area contributed by atoms with Gasteiger partial charge in [-0.25, -0.2) is 4.39 Å². The van der Waals surface area contributed by atoms with Crippen LogP contribution in [0.2, 0.25) is 10.0 Å². The van der Waals surface area contributed by atoms with E-state index in [4.69, 9.17) is 23.2 Å². The quantitative estimate of drug-likeness (QED) is 0.847. The number of nitrogens with zero attached hydrogens (tertiary/aromatic N) is 1. The highest BCUT2D eigenvalue weighted by atomic mass is 35.5. The van der Waals surface area contributed by atoms with Gasteiger partial charge in [0.1, 0.15) is 11.4 Å². The largest absolute Gasteiger partial charge is 0.381 e. The summed E-state index contributed by atoms with van der Waals surface area (Å²) in [6, 6.07) is 4.20. The fourth-order valence-electron chi connectivity index (χ4n) is 1.87. The Bertz CT molecular complexity index is 629. The smallest absolute Gasteiger partial charge is 0.142 e. The van der Waals surface area contributed by atoms with Crippen molar-refractivity contribution in [1.82, 2.24) is 4.98 Å². The molecule has 1 atom stereocenters. The van der Waals surface area contributed by atoms with Gasteiger partial charge < -0.3 is 5.11 Å². The van der Waals surface area contributed by atoms with Gasteiger partial charge in [-0.1, -0.05) is 23.2 Å². The number of rotatable bonds is 2. The first-order valence-corrected chi connectivity index (χ1v) is 6.37. The van der Waals surface area contributed by atoms with Gasteiger partial charge in [-0.15, -0.1) is 0 Å². The molecule has 1 heterocycles. The molecule has 0 bridgehead atoms. The first kappa shape index (κ1) is 14.3. The lowest BCUT2D eigenvalue weighted by Gasteiger charge is -2.25. The van der Waals surface area contributed by atoms with Crippen LogP contribution in [0.25, 0.3) is 0 Å². The van der Waals surface area contributed by atoms with Crippen LogP contribution < -0.4 is 0 Å². The molecule has 1 N–H and O–H groups in total. The first-order chi connectivity index (χ1) is 8.82. The lowest BCUT2D eigenvalue weighted by molar-refractivity contribution is 0.101. The van der Waals surface area contributed by atoms with Gasteiger partial charge in [0, 0.05) is 28.5 Å². The molecule has 5 heteroatoms. The zero-order valence-corrected chi connectivity index (χ0v) is 11.9. The van der Waals surface area contributed by atoms with E-state index >= 15 is 0 Å². The van der Waals surface area contributed by atoms with E-state index in [1.54, 1.807) is 12.3 Å². The van der Waals surface area contributed by atoms with E-state index in [9.17, 15) is 9.50 Å². The van der Waals surface area contributed by atoms with Gasteiger partial charge in [0.15, 0.2) is 0 Å². The van der Waals surface area contributed by atoms with Crippen molar-refractivity contribution in [3.8, 4) is 0 Å². The topological polar surface area (TPSA) is 33.1 Å². The van der Waals surface area contributed by atoms with E-state index in [2.05, 4.69) is 4.98 Å². The van der Waals surface area contributed by atoms with Crippen molar-refractivity contribution in [2.45, 2.75) is 19.4 Å². The molecule has 0 aliphatic heterocycles. The van der Waals surface area contributed by atoms with Crippen molar-refractivity contribution < 1.29 is 9.50 Å². The maximum Gasteiger partial charge on any atom is 0.142 e. The monoisotopic (exact) mass is 299 g/mol. The number of pyridine rings is 1. The first-order valence-electron chi connectivity index (χ1n) is 5.62. The average molecular weight is 300 g/mol. The minimum absolute atomic E-state index is 0.0769. The maximum absolute atomic E-state index is 13.6. The summed E-state index contributed by atoms with van der Waals surface area (Å²) in [7, 11) is 0. The summed E-state index contributed by atoms with van der Waals surface area (Å²) in [5.41, 5.74) is 0.240. The van der Waals surface area contributed by atoms with Gasteiger partial charge in [0.25, 0.3) is 0 Å². The van der Waals surface area contributed by atoms with Gasteiger partial charge >= 0.3 is 0 Å². The Morgan fingerprint density at radius 1 is 1.16 bits per heavy atom. The van der Waals surface area contributed by atoms with Crippen molar-refractivity contribution in [2.24, 2.45) is 0 Å². The highest BCUT2D eigenvalue weighted by molar-refractivity contribution is 6.35. The number of aliphatic hydroxyl groups is 1. The van der Waals surface area contributed by atoms with Crippen LogP contribution >= 0.6 is 23.2 Å². The molecular formula is C14H12Cl2FNO. The Morgan fingerprint density at radius 3 is 2.47 bits per heavy atom. The summed E-state index contributed by atoms with van der Waals surface area (Å²) in [6.45, 7) is 3.40. The van der Waals surface area contributed by atoms with Gasteiger partial charge in [0.2, 0.25) is 0 Å². The van der Waals surface area contributed by atoms with Gasteiger partial charge in [-0.05, 0) is 37.6 Å². The van der Waals surface area contributed by atoms with E-state index < -0.39 is 11.4 Å². The summed E-state index contributed by atoms with van der Waals surface area (Å²) < 4.78 is 13.6. The molecule has 2 aromatic rings. The van der Waals surface area contributed by atoms with Crippen molar-refractivity contribution in [3.63, 3.8) is 0 Å². The summed E-state index contributed by atoms with van der Waals surface area (Å²) in [4.78, 5) is 4.02. The normalized spacial score (nSPS) is 14.2. The SMILES string of the molecule is Cc1cncc(C(C)(O)c2cc(F)c(Cl)cc2Cl)c1. The molecule has 0 saturated carbocycles. The molecule has 0 aliphatic carbocycles. The molecule has 100 valence electrons. The maximum atomic E-state index is 13.6. The van der Waals surface area contributed by atoms with Crippen LogP contribution in [0.4, 0.5) is 4.39 Å². The highest BCUT2D eigenvalue weighted by Crippen LogP contribution is 2.36. The number of aryl methyl sites for hydroxylation is 1. The summed E-state index contributed by atoms with van der Waals surface area (Å²) in [5, 5.41) is 10.8. The summed E-state index contributed by atoms with van der Waals surface area (Å²) >= 11 is 11.7. The lowest BCUT2D eigenvalue weighted by Crippen LogP contribution is -2.24. The average Bonchev–Trinajstić information content (AvgIpc) is 2.33. The molecule has 0 aliphatic rings. The second kappa shape index (κ2) is 5.08. The van der Waals surface area contributed by atoms with Gasteiger partial charge in [-0.2, -0.15) is 0 Å². The predicted octanol–water partition coefficient (Wildman–Crippen LogP) is 4.09. The fourth-order valence-corrected chi connectivity index (χ4v) is 2.44. The standard InChI is InChI=1S/C14H12Cl2FNO/c1-8-3-9(7-18-6-8)14(2,19)10-4-13(17)12(16)5-11(10)15/h3-7,19H,1-2H3. The Hall–Kier alpha value is -1.16. The third kappa shape index (κ3) is 2.73. The van der Waals surface area contributed by atoms with Crippen molar-refractivity contribution in [1.29, 1.82) is 0 Å². The van der Waals surface area contributed by atoms with Crippen LogP contribution in [0, 0.1) is 12.7 Å². The van der Waals surface area contributed by atoms with Crippen LogP contribution in [-0.4, -0.2) is 10.1 Å². The molecule has 2 rings (SSSR count). The van der Waals surface area contributed by atoms with E-state index in [0.29, 0.717) is 5.56 Å². The Balaban J connectivity index is 2.59. The van der Waals surface area contributed by atoms with Crippen LogP contribution in [0.15, 0.2) is 30.6 Å². The molecule has 1 aromatic carbocycles. The Kier molecular flexibility index (Phi) is 3.81. The minimum Gasteiger partial charge on any atom is -0.381 e. The van der Waals surface area contributed by atoms with Crippen LogP contribution in [0.5, 0.6) is 0 Å². The van der Waals surface area contributed by atoms with E-state index in [-0.39, 0.29) is 15.6 Å². The van der Waals surface area contributed by atoms with E-state index in [1.165, 1.54) is 19.2 Å². The fraction of sp³-hybridized carbons (Fsp3) is 0.214. The van der Waals surface area contributed by atoms with Crippen LogP contribution in [0.3, 0.4) is 0 Å². The number of hydrogen-bond acceptors (Lipinski definition) is 2. The van der Waals surface area contributed by atoms with Crippen molar-refractivity contribution in [3.05, 3.63) is 63.1 Å². The number of halogens is 3. The molecule has 1 unspecified atom stereocenters. The second-order valence-corrected chi connectivity index (χ2v) is 5.38. The second-order valence-electron chi connectivity index (χ2n) is 4.57. The molecule has 19 heavy (non-hydrogen) atoms. The third-order valence-corrected chi connectivity index (χ3v) is 3.57. The molecule has 1 aromatic heterocycles. The van der Waals surface area contributed by atoms with E-state index in [1.807, 2.05) is 6.92 Å². The zero-order valence-electron chi connectivity index (χ0n) is 10.4. The van der Waals surface area contributed by atoms with Gasteiger partial charge in [0.05, 0.1) is 5.02 Å². The summed E-state index contributed by atoms with van der Waals surface area (Å²) in [5.74, 6) is -0.623. The van der Waals surface area contributed by atoms with Crippen molar-refractivity contribution >= 4 is 23.2 Å². The van der Waals surface area contributed by atoms with Crippen molar-refractivity contribution in [2.75, 3.05) is 0 Å². The molecule has 0 saturated heterocycles. The Morgan fingerprint density at radius 2 is 1.84 bits per heavy atom. The Labute approximate surface area is 120 Å². The van der Waals surface area contributed by atoms with Gasteiger partial charge in [-0.3, -0.25) is 4.98 Å². The molecular weight excluding hydrogens is 288 g/mol. The molecule has 0 radical (unpaired) electrons. The molecule has 0 amide bonds. The molecule has 2 nitrogen and oxygen atoms in total. The molecule has 0 fully saturated rings. The number of aromatic nitrogens is 1. The number of benzene rings is 1. The predicted molar refractivity (Wildman–Crippen MR) is 74.1 cm³/mol. The lowest BCUT2D eigenvalue weighted by atomic mass is 9.88. The number of hydrogen-bond donors (Lipinski definition) is 1. The zero-order chi connectivity index (χ0) is 14.2. The van der Waals surface area contributed by atoms with Crippen LogP contribution in [0.1, 0.15) is 23.6 Å². The highest BCUT2D eigenvalue weighted by Gasteiger charge is 2.29. The third-order valence-electron chi connectivity index (χ3n) is 2.97. The summed E-state index contributed by atoms with van der Waals surface area (Å²) in [6.07, 6.45) is 3.19. The van der Waals surface area contributed by atoms with Crippen LogP contribution in [-0.2, 0) is 5.60 Å². The minimum atomic E-state index is -1.44. The van der Waals surface area contributed by atoms with E-state index in [0.717, 1.165) is 11.6 Å². The molecule has 0 spiro atoms.